The van der Waals surface area contributed by atoms with E-state index in [0.29, 0.717) is 6.42 Å². The summed E-state index contributed by atoms with van der Waals surface area (Å²) < 4.78 is 9.71. The monoisotopic (exact) mass is 252 g/mol. The van der Waals surface area contributed by atoms with Crippen LogP contribution in [0.5, 0.6) is 0 Å². The molecule has 0 amide bonds. The number of esters is 1. The van der Waals surface area contributed by atoms with Crippen molar-refractivity contribution < 1.29 is 13.9 Å². The second-order valence-electron chi connectivity index (χ2n) is 4.58. The molecule has 2 rings (SSSR count). The molecule has 0 spiro atoms. The van der Waals surface area contributed by atoms with Crippen molar-refractivity contribution in [3.05, 3.63) is 24.2 Å². The highest BCUT2D eigenvalue weighted by Gasteiger charge is 2.17. The average Bonchev–Trinajstić information content (AvgIpc) is 2.90. The Morgan fingerprint density at radius 3 is 2.67 bits per heavy atom. The number of rotatable bonds is 5. The Morgan fingerprint density at radius 2 is 2.06 bits per heavy atom. The Kier molecular flexibility index (Phi) is 4.78. The molecule has 1 aromatic rings. The van der Waals surface area contributed by atoms with Crippen molar-refractivity contribution in [3.8, 4) is 0 Å². The van der Waals surface area contributed by atoms with Crippen LogP contribution in [-0.2, 0) is 16.1 Å². The summed E-state index contributed by atoms with van der Waals surface area (Å²) in [5.74, 6) is -0.129. The smallest absolute Gasteiger partial charge is 0.306 e. The Morgan fingerprint density at radius 1 is 1.33 bits per heavy atom. The van der Waals surface area contributed by atoms with Crippen molar-refractivity contribution in [3.63, 3.8) is 0 Å². The molecule has 1 aliphatic heterocycles. The van der Waals surface area contributed by atoms with Crippen LogP contribution in [-0.4, -0.2) is 55.6 Å². The SMILES string of the molecule is COC(=O)CCN1CCN(Cc2ccoc2)CC1. The first kappa shape index (κ1) is 13.1. The first-order chi connectivity index (χ1) is 8.78. The van der Waals surface area contributed by atoms with Crippen molar-refractivity contribution in [1.82, 2.24) is 9.80 Å². The summed E-state index contributed by atoms with van der Waals surface area (Å²) in [4.78, 5) is 15.8. The van der Waals surface area contributed by atoms with E-state index in [1.165, 1.54) is 12.7 Å². The molecule has 0 saturated carbocycles. The number of methoxy groups -OCH3 is 1. The van der Waals surface area contributed by atoms with Crippen LogP contribution in [0.3, 0.4) is 0 Å². The summed E-state index contributed by atoms with van der Waals surface area (Å²) in [7, 11) is 1.44. The highest BCUT2D eigenvalue weighted by atomic mass is 16.5. The van der Waals surface area contributed by atoms with Gasteiger partial charge in [0.25, 0.3) is 0 Å². The molecule has 5 heteroatoms. The maximum absolute atomic E-state index is 11.1. The van der Waals surface area contributed by atoms with Crippen LogP contribution in [0.25, 0.3) is 0 Å². The number of piperazine rings is 1. The summed E-state index contributed by atoms with van der Waals surface area (Å²) in [6.07, 6.45) is 3.99. The molecular formula is C13H20N2O3. The molecule has 100 valence electrons. The molecule has 1 saturated heterocycles. The lowest BCUT2D eigenvalue weighted by Crippen LogP contribution is -2.46. The summed E-state index contributed by atoms with van der Waals surface area (Å²) in [6, 6.07) is 2.00. The van der Waals surface area contributed by atoms with Gasteiger partial charge < -0.3 is 14.1 Å². The average molecular weight is 252 g/mol. The molecule has 0 bridgehead atoms. The van der Waals surface area contributed by atoms with Gasteiger partial charge >= 0.3 is 5.97 Å². The Balaban J connectivity index is 1.66. The van der Waals surface area contributed by atoms with Crippen LogP contribution in [0, 0.1) is 0 Å². The predicted octanol–water partition coefficient (Wildman–Crippen LogP) is 0.960. The zero-order valence-corrected chi connectivity index (χ0v) is 10.8. The van der Waals surface area contributed by atoms with Gasteiger partial charge in [-0.15, -0.1) is 0 Å². The fraction of sp³-hybridized carbons (Fsp3) is 0.615. The molecule has 5 nitrogen and oxygen atoms in total. The summed E-state index contributed by atoms with van der Waals surface area (Å²) in [5.41, 5.74) is 1.22. The third kappa shape index (κ3) is 3.85. The van der Waals surface area contributed by atoms with Crippen molar-refractivity contribution >= 4 is 5.97 Å². The van der Waals surface area contributed by atoms with Gasteiger partial charge in [0.2, 0.25) is 0 Å². The van der Waals surface area contributed by atoms with Gasteiger partial charge in [0.05, 0.1) is 26.1 Å². The zero-order valence-electron chi connectivity index (χ0n) is 10.8. The van der Waals surface area contributed by atoms with Crippen LogP contribution >= 0.6 is 0 Å². The Hall–Kier alpha value is -1.33. The third-order valence-electron chi connectivity index (χ3n) is 3.31. The maximum atomic E-state index is 11.1. The van der Waals surface area contributed by atoms with Crippen LogP contribution in [0.4, 0.5) is 0 Å². The molecule has 0 N–H and O–H groups in total. The van der Waals surface area contributed by atoms with Crippen molar-refractivity contribution in [2.45, 2.75) is 13.0 Å². The second-order valence-corrected chi connectivity index (χ2v) is 4.58. The van der Waals surface area contributed by atoms with Gasteiger partial charge in [-0.3, -0.25) is 9.69 Å². The van der Waals surface area contributed by atoms with E-state index in [9.17, 15) is 4.79 Å². The molecule has 0 unspecified atom stereocenters. The normalized spacial score (nSPS) is 17.8. The summed E-state index contributed by atoms with van der Waals surface area (Å²) in [5, 5.41) is 0. The number of carbonyl (C=O) groups excluding carboxylic acids is 1. The van der Waals surface area contributed by atoms with E-state index in [1.54, 1.807) is 12.5 Å². The van der Waals surface area contributed by atoms with E-state index in [1.807, 2.05) is 6.07 Å². The topological polar surface area (TPSA) is 45.9 Å². The third-order valence-corrected chi connectivity index (χ3v) is 3.31. The van der Waals surface area contributed by atoms with Gasteiger partial charge in [-0.1, -0.05) is 0 Å². The van der Waals surface area contributed by atoms with Crippen molar-refractivity contribution in [2.75, 3.05) is 39.8 Å². The van der Waals surface area contributed by atoms with Gasteiger partial charge in [-0.2, -0.15) is 0 Å². The Labute approximate surface area is 107 Å². The Bertz CT molecular complexity index is 356. The number of hydrogen-bond acceptors (Lipinski definition) is 5. The largest absolute Gasteiger partial charge is 0.472 e. The fourth-order valence-electron chi connectivity index (χ4n) is 2.16. The minimum atomic E-state index is -0.129. The number of ether oxygens (including phenoxy) is 1. The van der Waals surface area contributed by atoms with Crippen molar-refractivity contribution in [1.29, 1.82) is 0 Å². The van der Waals surface area contributed by atoms with Gasteiger partial charge in [0, 0.05) is 44.8 Å². The lowest BCUT2D eigenvalue weighted by Gasteiger charge is -2.34. The standard InChI is InChI=1S/C13H20N2O3/c1-17-13(16)2-4-14-5-7-15(8-6-14)10-12-3-9-18-11-12/h3,9,11H,2,4-8,10H2,1H3. The number of hydrogen-bond donors (Lipinski definition) is 0. The number of carbonyl (C=O) groups is 1. The minimum Gasteiger partial charge on any atom is -0.472 e. The summed E-state index contributed by atoms with van der Waals surface area (Å²) >= 11 is 0. The van der Waals surface area contributed by atoms with Crippen LogP contribution in [0.1, 0.15) is 12.0 Å². The van der Waals surface area contributed by atoms with Crippen LogP contribution < -0.4 is 0 Å². The van der Waals surface area contributed by atoms with Crippen molar-refractivity contribution in [2.24, 2.45) is 0 Å². The number of nitrogens with zero attached hydrogens (tertiary/aromatic N) is 2. The number of furan rings is 1. The van der Waals surface area contributed by atoms with E-state index in [4.69, 9.17) is 4.42 Å². The van der Waals surface area contributed by atoms with Gasteiger partial charge in [-0.05, 0) is 6.07 Å². The van der Waals surface area contributed by atoms with Crippen LogP contribution in [0.15, 0.2) is 23.0 Å². The first-order valence-electron chi connectivity index (χ1n) is 6.30. The molecule has 1 aliphatic rings. The first-order valence-corrected chi connectivity index (χ1v) is 6.30. The highest BCUT2D eigenvalue weighted by Crippen LogP contribution is 2.09. The van der Waals surface area contributed by atoms with Gasteiger partial charge in [0.15, 0.2) is 0 Å². The molecule has 18 heavy (non-hydrogen) atoms. The molecule has 1 aromatic heterocycles. The highest BCUT2D eigenvalue weighted by molar-refractivity contribution is 5.69. The second kappa shape index (κ2) is 6.56. The van der Waals surface area contributed by atoms with Gasteiger partial charge in [0.1, 0.15) is 0 Å². The maximum Gasteiger partial charge on any atom is 0.306 e. The molecule has 2 heterocycles. The molecular weight excluding hydrogens is 232 g/mol. The van der Waals surface area contributed by atoms with E-state index in [-0.39, 0.29) is 5.97 Å². The molecule has 0 radical (unpaired) electrons. The van der Waals surface area contributed by atoms with E-state index >= 15 is 0 Å². The lowest BCUT2D eigenvalue weighted by molar-refractivity contribution is -0.141. The van der Waals surface area contributed by atoms with E-state index in [0.717, 1.165) is 39.3 Å². The van der Waals surface area contributed by atoms with Gasteiger partial charge in [-0.25, -0.2) is 0 Å². The fourth-order valence-corrected chi connectivity index (χ4v) is 2.16. The lowest BCUT2D eigenvalue weighted by atomic mass is 10.2. The van der Waals surface area contributed by atoms with Crippen LogP contribution in [0.2, 0.25) is 0 Å². The summed E-state index contributed by atoms with van der Waals surface area (Å²) in [6.45, 7) is 5.83. The quantitative estimate of drug-likeness (QED) is 0.730. The molecule has 1 fully saturated rings. The minimum absolute atomic E-state index is 0.129. The predicted molar refractivity (Wildman–Crippen MR) is 67.1 cm³/mol. The molecule has 0 aliphatic carbocycles. The molecule has 0 atom stereocenters. The molecule has 0 aromatic carbocycles. The van der Waals surface area contributed by atoms with E-state index < -0.39 is 0 Å². The zero-order chi connectivity index (χ0) is 12.8. The van der Waals surface area contributed by atoms with E-state index in [2.05, 4.69) is 14.5 Å².